The summed E-state index contributed by atoms with van der Waals surface area (Å²) in [7, 11) is 0. The highest BCUT2D eigenvalue weighted by Gasteiger charge is 2.50. The molecule has 12 nitrogen and oxygen atoms in total. The third kappa shape index (κ3) is 46.7. The Hall–Kier alpha value is -3.32. The Balaban J connectivity index is 2.65. The number of carboxylic acids is 1. The third-order valence-corrected chi connectivity index (χ3v) is 15.4. The quantitative estimate of drug-likeness (QED) is 0.0228. The van der Waals surface area contributed by atoms with Crippen molar-refractivity contribution in [3.05, 3.63) is 48.6 Å². The number of aliphatic hydroxyl groups excluding tert-OH is 2. The van der Waals surface area contributed by atoms with Crippen molar-refractivity contribution in [1.82, 2.24) is 0 Å². The number of ether oxygens (including phenoxy) is 5. The van der Waals surface area contributed by atoms with Gasteiger partial charge in [-0.05, 0) is 57.8 Å². The first kappa shape index (κ1) is 75.7. The van der Waals surface area contributed by atoms with E-state index in [1.807, 2.05) is 0 Å². The number of esters is 3. The molecule has 470 valence electrons. The Morgan fingerprint density at radius 2 is 0.778 bits per heavy atom. The average Bonchev–Trinajstić information content (AvgIpc) is 3.53. The number of unbranched alkanes of at least 4 members (excludes halogenated alkanes) is 36. The summed E-state index contributed by atoms with van der Waals surface area (Å²) < 4.78 is 28.5. The molecule has 0 spiro atoms. The molecule has 0 amide bonds. The Bertz CT molecular complexity index is 1590. The fourth-order valence-corrected chi connectivity index (χ4v) is 10.3. The van der Waals surface area contributed by atoms with Crippen molar-refractivity contribution < 1.29 is 58.2 Å². The first-order valence-corrected chi connectivity index (χ1v) is 33.6. The number of aliphatic hydroxyl groups is 2. The molecule has 0 aromatic rings. The second-order valence-corrected chi connectivity index (χ2v) is 23.1. The molecule has 0 bridgehead atoms. The summed E-state index contributed by atoms with van der Waals surface area (Å²) in [5.41, 5.74) is 0. The number of aliphatic carboxylic acids is 1. The van der Waals surface area contributed by atoms with E-state index in [1.165, 1.54) is 180 Å². The van der Waals surface area contributed by atoms with Crippen LogP contribution in [0.4, 0.5) is 0 Å². The van der Waals surface area contributed by atoms with Crippen LogP contribution >= 0.6 is 0 Å². The van der Waals surface area contributed by atoms with Crippen LogP contribution in [-0.4, -0.2) is 89.2 Å². The second kappa shape index (κ2) is 57.1. The molecule has 6 atom stereocenters. The normalized spacial score (nSPS) is 18.0. The zero-order chi connectivity index (χ0) is 58.9. The van der Waals surface area contributed by atoms with Crippen molar-refractivity contribution in [3.63, 3.8) is 0 Å². The van der Waals surface area contributed by atoms with E-state index in [0.717, 1.165) is 70.6 Å². The van der Waals surface area contributed by atoms with Crippen LogP contribution in [0.2, 0.25) is 0 Å². The van der Waals surface area contributed by atoms with Crippen molar-refractivity contribution in [2.75, 3.05) is 13.2 Å². The zero-order valence-corrected chi connectivity index (χ0v) is 52.0. The molecule has 1 aliphatic rings. The highest BCUT2D eigenvalue weighted by Crippen LogP contribution is 2.27. The van der Waals surface area contributed by atoms with Crippen LogP contribution in [0.1, 0.15) is 316 Å². The van der Waals surface area contributed by atoms with Crippen LogP contribution < -0.4 is 0 Å². The van der Waals surface area contributed by atoms with Crippen LogP contribution in [0.15, 0.2) is 48.6 Å². The molecule has 3 N–H and O–H groups in total. The van der Waals surface area contributed by atoms with E-state index in [9.17, 15) is 34.5 Å². The van der Waals surface area contributed by atoms with E-state index < -0.39 is 67.3 Å². The van der Waals surface area contributed by atoms with E-state index in [4.69, 9.17) is 23.7 Å². The third-order valence-electron chi connectivity index (χ3n) is 15.4. The van der Waals surface area contributed by atoms with Gasteiger partial charge in [-0.2, -0.15) is 0 Å². The lowest BCUT2D eigenvalue weighted by atomic mass is 9.98. The number of rotatable bonds is 58. The van der Waals surface area contributed by atoms with Crippen LogP contribution in [0.25, 0.3) is 0 Å². The highest BCUT2D eigenvalue weighted by atomic mass is 16.7. The van der Waals surface area contributed by atoms with E-state index in [0.29, 0.717) is 25.7 Å². The number of carbonyl (C=O) groups is 4. The number of hydrogen-bond acceptors (Lipinski definition) is 11. The van der Waals surface area contributed by atoms with Gasteiger partial charge in [-0.25, -0.2) is 4.79 Å². The standard InChI is InChI=1S/C69H122O12/c1-4-7-10-13-16-19-22-25-28-30-31-33-35-37-40-43-46-49-52-55-61(70)77-58-60(79-62(71)56-53-50-47-44-41-39-36-32-29-26-23-20-17-14-11-8-5-2)59-78-69-67(65(74)64(73)66(81-69)68(75)76)80-63(72)57-54-51-48-45-42-38-34-27-24-21-18-15-12-9-6-3/h9,12,18,21,27,34,42,45,60,64-67,69,73-74H,4-8,10-11,13-17,19-20,22-26,28-33,35-41,43-44,46-59H2,1-3H3,(H,75,76)/b12-9-,21-18-,34-27-,45-42-. The largest absolute Gasteiger partial charge is 0.479 e. The molecule has 1 saturated heterocycles. The van der Waals surface area contributed by atoms with Crippen LogP contribution in [0.5, 0.6) is 0 Å². The summed E-state index contributed by atoms with van der Waals surface area (Å²) in [5.74, 6) is -3.14. The predicted molar refractivity (Wildman–Crippen MR) is 331 cm³/mol. The molecule has 0 radical (unpaired) electrons. The smallest absolute Gasteiger partial charge is 0.335 e. The summed E-state index contributed by atoms with van der Waals surface area (Å²) >= 11 is 0. The first-order chi connectivity index (χ1) is 39.6. The van der Waals surface area contributed by atoms with Gasteiger partial charge in [0.25, 0.3) is 0 Å². The van der Waals surface area contributed by atoms with Gasteiger partial charge in [-0.15, -0.1) is 0 Å². The van der Waals surface area contributed by atoms with Crippen LogP contribution in [-0.2, 0) is 42.9 Å². The SMILES string of the molecule is CC/C=C\C/C=C\C/C=C\C/C=C\CCCCC(=O)OC1C(OCC(COC(=O)CCCCCCCCCCCCCCCCCCCCC)OC(=O)CCCCCCCCCCCCCCCCCCC)OC(C(=O)O)C(O)C1O. The lowest BCUT2D eigenvalue weighted by Crippen LogP contribution is -2.61. The number of carboxylic acid groups (broad SMARTS) is 1. The second-order valence-electron chi connectivity index (χ2n) is 23.1. The Morgan fingerprint density at radius 3 is 1.19 bits per heavy atom. The topological polar surface area (TPSA) is 175 Å². The highest BCUT2D eigenvalue weighted by molar-refractivity contribution is 5.74. The summed E-state index contributed by atoms with van der Waals surface area (Å²) in [6, 6.07) is 0. The van der Waals surface area contributed by atoms with E-state index in [2.05, 4.69) is 69.4 Å². The van der Waals surface area contributed by atoms with Crippen molar-refractivity contribution in [2.24, 2.45) is 0 Å². The fourth-order valence-electron chi connectivity index (χ4n) is 10.3. The molecule has 1 heterocycles. The lowest BCUT2D eigenvalue weighted by molar-refractivity contribution is -0.301. The summed E-state index contributed by atoms with van der Waals surface area (Å²) in [5, 5.41) is 31.6. The number of hydrogen-bond donors (Lipinski definition) is 3. The minimum absolute atomic E-state index is 0.0109. The fraction of sp³-hybridized carbons (Fsp3) is 0.826. The molecule has 0 saturated carbocycles. The maximum atomic E-state index is 13.2. The summed E-state index contributed by atoms with van der Waals surface area (Å²) in [6.45, 7) is 5.92. The summed E-state index contributed by atoms with van der Waals surface area (Å²) in [6.07, 6.45) is 57.9. The molecule has 0 aliphatic carbocycles. The molecule has 6 unspecified atom stereocenters. The van der Waals surface area contributed by atoms with Gasteiger partial charge in [0.2, 0.25) is 0 Å². The van der Waals surface area contributed by atoms with Crippen molar-refractivity contribution in [3.8, 4) is 0 Å². The van der Waals surface area contributed by atoms with Gasteiger partial charge in [-0.3, -0.25) is 14.4 Å². The molecule has 12 heteroatoms. The first-order valence-electron chi connectivity index (χ1n) is 33.6. The molecular weight excluding hydrogens is 1020 g/mol. The van der Waals surface area contributed by atoms with E-state index in [1.54, 1.807) is 0 Å². The number of carbonyl (C=O) groups excluding carboxylic acids is 3. The zero-order valence-electron chi connectivity index (χ0n) is 52.0. The summed E-state index contributed by atoms with van der Waals surface area (Å²) in [4.78, 5) is 51.3. The van der Waals surface area contributed by atoms with Crippen molar-refractivity contribution in [2.45, 2.75) is 353 Å². The Kier molecular flexibility index (Phi) is 53.4. The van der Waals surface area contributed by atoms with Crippen molar-refractivity contribution in [1.29, 1.82) is 0 Å². The molecule has 81 heavy (non-hydrogen) atoms. The van der Waals surface area contributed by atoms with Gasteiger partial charge in [0.15, 0.2) is 24.6 Å². The monoisotopic (exact) mass is 1140 g/mol. The van der Waals surface area contributed by atoms with Gasteiger partial charge in [0.1, 0.15) is 18.8 Å². The molecule has 1 fully saturated rings. The average molecular weight is 1140 g/mol. The lowest BCUT2D eigenvalue weighted by Gasteiger charge is -2.40. The molecule has 1 aliphatic heterocycles. The van der Waals surface area contributed by atoms with Crippen LogP contribution in [0.3, 0.4) is 0 Å². The van der Waals surface area contributed by atoms with Gasteiger partial charge < -0.3 is 39.0 Å². The maximum Gasteiger partial charge on any atom is 0.335 e. The predicted octanol–water partition coefficient (Wildman–Crippen LogP) is 18.1. The van der Waals surface area contributed by atoms with Crippen molar-refractivity contribution >= 4 is 23.9 Å². The maximum absolute atomic E-state index is 13.2. The Labute approximate surface area is 494 Å². The van der Waals surface area contributed by atoms with E-state index >= 15 is 0 Å². The van der Waals surface area contributed by atoms with Gasteiger partial charge in [0, 0.05) is 19.3 Å². The van der Waals surface area contributed by atoms with Crippen LogP contribution in [0, 0.1) is 0 Å². The molecule has 0 aromatic carbocycles. The van der Waals surface area contributed by atoms with E-state index in [-0.39, 0.29) is 25.9 Å². The van der Waals surface area contributed by atoms with Gasteiger partial charge >= 0.3 is 23.9 Å². The minimum Gasteiger partial charge on any atom is -0.479 e. The van der Waals surface area contributed by atoms with Gasteiger partial charge in [0.05, 0.1) is 6.61 Å². The minimum atomic E-state index is -1.92. The number of allylic oxidation sites excluding steroid dienone is 8. The molecule has 0 aromatic heterocycles. The Morgan fingerprint density at radius 1 is 0.420 bits per heavy atom. The molecule has 1 rings (SSSR count). The molecular formula is C69H122O12. The van der Waals surface area contributed by atoms with Gasteiger partial charge in [-0.1, -0.05) is 288 Å².